The molecule has 4 nitrogen and oxygen atoms in total. The molecule has 4 aliphatic rings. The number of carbonyl (C=O) groups excluding carboxylic acids is 2. The normalized spacial score (nSPS) is 37.1. The van der Waals surface area contributed by atoms with Crippen molar-refractivity contribution in [1.82, 2.24) is 0 Å². The van der Waals surface area contributed by atoms with E-state index in [1.54, 1.807) is 0 Å². The van der Waals surface area contributed by atoms with Crippen molar-refractivity contribution in [3.8, 4) is 6.07 Å². The molecule has 4 aliphatic carbocycles. The van der Waals surface area contributed by atoms with E-state index in [2.05, 4.69) is 25.1 Å². The van der Waals surface area contributed by atoms with Gasteiger partial charge in [0.1, 0.15) is 5.60 Å². The number of carbonyl (C=O) groups is 2. The Morgan fingerprint density at radius 1 is 1.33 bits per heavy atom. The molecule has 0 unspecified atom stereocenters. The first-order valence-electron chi connectivity index (χ1n) is 10.2. The average molecular weight is 365 g/mol. The van der Waals surface area contributed by atoms with Crippen LogP contribution in [0.15, 0.2) is 34.9 Å². The van der Waals surface area contributed by atoms with Gasteiger partial charge in [-0.2, -0.15) is 5.26 Å². The van der Waals surface area contributed by atoms with Gasteiger partial charge in [-0.25, -0.2) is 0 Å². The molecular weight excluding hydrogens is 338 g/mol. The van der Waals surface area contributed by atoms with Gasteiger partial charge < -0.3 is 4.74 Å². The predicted molar refractivity (Wildman–Crippen MR) is 101 cm³/mol. The Morgan fingerprint density at radius 2 is 2.15 bits per heavy atom. The SMILES string of the molecule is CC[C@]12C=CC3=C4CCC(=O)C=C4CC[C@H]3[C@@H]1CC[C@]2(CC#N)OC(C)=O. The molecule has 4 rings (SSSR count). The van der Waals surface area contributed by atoms with Gasteiger partial charge in [-0.3, -0.25) is 9.59 Å². The highest BCUT2D eigenvalue weighted by Gasteiger charge is 2.63. The van der Waals surface area contributed by atoms with E-state index in [0.717, 1.165) is 38.5 Å². The van der Waals surface area contributed by atoms with Crippen LogP contribution in [0.4, 0.5) is 0 Å². The topological polar surface area (TPSA) is 67.2 Å². The molecule has 1 fully saturated rings. The van der Waals surface area contributed by atoms with Gasteiger partial charge in [0.2, 0.25) is 0 Å². The second-order valence-electron chi connectivity index (χ2n) is 8.51. The summed E-state index contributed by atoms with van der Waals surface area (Å²) in [4.78, 5) is 23.7. The van der Waals surface area contributed by atoms with Gasteiger partial charge in [0.05, 0.1) is 12.5 Å². The Kier molecular flexibility index (Phi) is 4.37. The van der Waals surface area contributed by atoms with Crippen molar-refractivity contribution in [3.63, 3.8) is 0 Å². The number of nitriles is 1. The largest absolute Gasteiger partial charge is 0.457 e. The summed E-state index contributed by atoms with van der Waals surface area (Å²) in [5, 5.41) is 9.50. The van der Waals surface area contributed by atoms with Gasteiger partial charge in [-0.1, -0.05) is 19.1 Å². The smallest absolute Gasteiger partial charge is 0.303 e. The molecule has 0 aromatic heterocycles. The Morgan fingerprint density at radius 3 is 2.85 bits per heavy atom. The molecule has 0 aromatic carbocycles. The predicted octanol–water partition coefficient (Wildman–Crippen LogP) is 4.57. The lowest BCUT2D eigenvalue weighted by atomic mass is 9.56. The van der Waals surface area contributed by atoms with Crippen molar-refractivity contribution in [2.45, 2.75) is 70.8 Å². The lowest BCUT2D eigenvalue weighted by Crippen LogP contribution is -2.51. The Balaban J connectivity index is 1.83. The van der Waals surface area contributed by atoms with Crippen LogP contribution in [-0.4, -0.2) is 17.4 Å². The summed E-state index contributed by atoms with van der Waals surface area (Å²) in [6, 6.07) is 2.30. The number of allylic oxidation sites excluding steroid dienone is 5. The first kappa shape index (κ1) is 18.2. The molecule has 0 amide bonds. The standard InChI is InChI=1S/C23H27NO3/c1-3-22-10-8-19-18-7-5-17(26)14-16(18)4-6-20(19)21(22)9-11-23(22,12-13-24)27-15(2)25/h8,10,14,20-21H,3-7,9,11-12H2,1-2H3/t20-,21+,22+,23-/m1/s1. The van der Waals surface area contributed by atoms with Crippen LogP contribution in [0.5, 0.6) is 0 Å². The third-order valence-electron chi connectivity index (χ3n) is 7.52. The van der Waals surface area contributed by atoms with E-state index < -0.39 is 5.60 Å². The molecule has 0 heterocycles. The van der Waals surface area contributed by atoms with Gasteiger partial charge in [-0.05, 0) is 73.2 Å². The van der Waals surface area contributed by atoms with Crippen molar-refractivity contribution in [2.75, 3.05) is 0 Å². The van der Waals surface area contributed by atoms with Gasteiger partial charge in [0.25, 0.3) is 0 Å². The van der Waals surface area contributed by atoms with Crippen LogP contribution >= 0.6 is 0 Å². The fourth-order valence-corrected chi connectivity index (χ4v) is 6.48. The molecular formula is C23H27NO3. The molecule has 142 valence electrons. The summed E-state index contributed by atoms with van der Waals surface area (Å²) in [6.07, 6.45) is 12.6. The van der Waals surface area contributed by atoms with E-state index in [1.165, 1.54) is 23.6 Å². The number of ketones is 1. The molecule has 0 spiro atoms. The lowest BCUT2D eigenvalue weighted by molar-refractivity contribution is -0.169. The zero-order chi connectivity index (χ0) is 19.2. The Bertz CT molecular complexity index is 827. The molecule has 0 aliphatic heterocycles. The summed E-state index contributed by atoms with van der Waals surface area (Å²) in [6.45, 7) is 3.61. The van der Waals surface area contributed by atoms with Gasteiger partial charge in [0, 0.05) is 18.8 Å². The fraction of sp³-hybridized carbons (Fsp3) is 0.609. The highest BCUT2D eigenvalue weighted by molar-refractivity contribution is 5.93. The van der Waals surface area contributed by atoms with Crippen LogP contribution in [0.1, 0.15) is 65.2 Å². The molecule has 0 N–H and O–H groups in total. The van der Waals surface area contributed by atoms with Crippen molar-refractivity contribution < 1.29 is 14.3 Å². The summed E-state index contributed by atoms with van der Waals surface area (Å²) >= 11 is 0. The molecule has 0 aromatic rings. The number of fused-ring (bicyclic) bond motifs is 4. The molecule has 1 saturated carbocycles. The maximum absolute atomic E-state index is 11.9. The van der Waals surface area contributed by atoms with Gasteiger partial charge in [-0.15, -0.1) is 0 Å². The minimum atomic E-state index is -0.710. The van der Waals surface area contributed by atoms with E-state index in [-0.39, 0.29) is 23.6 Å². The second kappa shape index (κ2) is 6.48. The van der Waals surface area contributed by atoms with Crippen LogP contribution < -0.4 is 0 Å². The molecule has 4 atom stereocenters. The number of ether oxygens (including phenoxy) is 1. The summed E-state index contributed by atoms with van der Waals surface area (Å²) in [5.41, 5.74) is 3.02. The lowest BCUT2D eigenvalue weighted by Gasteiger charge is -2.50. The van der Waals surface area contributed by atoms with Crippen LogP contribution in [0, 0.1) is 28.6 Å². The van der Waals surface area contributed by atoms with Crippen molar-refractivity contribution >= 4 is 11.8 Å². The van der Waals surface area contributed by atoms with Crippen LogP contribution in [0.25, 0.3) is 0 Å². The first-order valence-corrected chi connectivity index (χ1v) is 10.2. The fourth-order valence-electron chi connectivity index (χ4n) is 6.48. The average Bonchev–Trinajstić information content (AvgIpc) is 2.95. The van der Waals surface area contributed by atoms with Gasteiger partial charge >= 0.3 is 5.97 Å². The van der Waals surface area contributed by atoms with Crippen molar-refractivity contribution in [1.29, 1.82) is 5.26 Å². The van der Waals surface area contributed by atoms with Crippen molar-refractivity contribution in [2.24, 2.45) is 17.3 Å². The number of rotatable bonds is 3. The van der Waals surface area contributed by atoms with E-state index in [1.807, 2.05) is 6.08 Å². The first-order chi connectivity index (χ1) is 13.0. The Hall–Kier alpha value is -2.15. The number of esters is 1. The monoisotopic (exact) mass is 365 g/mol. The summed E-state index contributed by atoms with van der Waals surface area (Å²) < 4.78 is 5.92. The van der Waals surface area contributed by atoms with E-state index in [4.69, 9.17) is 4.74 Å². The maximum atomic E-state index is 11.9. The molecule has 27 heavy (non-hydrogen) atoms. The third kappa shape index (κ3) is 2.55. The Labute approximate surface area is 161 Å². The summed E-state index contributed by atoms with van der Waals surface area (Å²) in [7, 11) is 0. The number of hydrogen-bond donors (Lipinski definition) is 0. The quantitative estimate of drug-likeness (QED) is 0.687. The van der Waals surface area contributed by atoms with E-state index >= 15 is 0 Å². The van der Waals surface area contributed by atoms with E-state index in [0.29, 0.717) is 18.3 Å². The number of nitrogens with zero attached hydrogens (tertiary/aromatic N) is 1. The molecule has 0 saturated heterocycles. The third-order valence-corrected chi connectivity index (χ3v) is 7.52. The summed E-state index contributed by atoms with van der Waals surface area (Å²) in [5.74, 6) is 0.781. The molecule has 4 heteroatoms. The second-order valence-corrected chi connectivity index (χ2v) is 8.51. The molecule has 0 bridgehead atoms. The minimum absolute atomic E-state index is 0.249. The number of hydrogen-bond acceptors (Lipinski definition) is 4. The van der Waals surface area contributed by atoms with Crippen LogP contribution in [-0.2, 0) is 14.3 Å². The minimum Gasteiger partial charge on any atom is -0.457 e. The van der Waals surface area contributed by atoms with Crippen LogP contribution in [0.2, 0.25) is 0 Å². The highest BCUT2D eigenvalue weighted by Crippen LogP contribution is 2.64. The van der Waals surface area contributed by atoms with Gasteiger partial charge in [0.15, 0.2) is 5.78 Å². The van der Waals surface area contributed by atoms with Crippen LogP contribution in [0.3, 0.4) is 0 Å². The maximum Gasteiger partial charge on any atom is 0.303 e. The zero-order valence-electron chi connectivity index (χ0n) is 16.2. The highest BCUT2D eigenvalue weighted by atomic mass is 16.6. The molecule has 0 radical (unpaired) electrons. The van der Waals surface area contributed by atoms with Crippen molar-refractivity contribution in [3.05, 3.63) is 34.9 Å². The zero-order valence-corrected chi connectivity index (χ0v) is 16.2. The van der Waals surface area contributed by atoms with E-state index in [9.17, 15) is 14.9 Å².